The monoisotopic (exact) mass is 490 g/mol. The lowest BCUT2D eigenvalue weighted by molar-refractivity contribution is -0.121. The highest BCUT2D eigenvalue weighted by molar-refractivity contribution is 7.89. The number of benzene rings is 3. The number of nitrogens with zero attached hydrogens (tertiary/aromatic N) is 1. The molecule has 0 bridgehead atoms. The second-order valence-electron chi connectivity index (χ2n) is 9.27. The van der Waals surface area contributed by atoms with Crippen LogP contribution >= 0.6 is 0 Å². The Morgan fingerprint density at radius 3 is 2.23 bits per heavy atom. The summed E-state index contributed by atoms with van der Waals surface area (Å²) in [5.41, 5.74) is 2.70. The fourth-order valence-corrected chi connectivity index (χ4v) is 6.80. The van der Waals surface area contributed by atoms with Crippen LogP contribution in [0.3, 0.4) is 0 Å². The van der Waals surface area contributed by atoms with E-state index in [1.165, 1.54) is 0 Å². The first-order valence-corrected chi connectivity index (χ1v) is 13.6. The first kappa shape index (κ1) is 23.6. The van der Waals surface area contributed by atoms with Gasteiger partial charge in [0.05, 0.1) is 10.8 Å². The highest BCUT2D eigenvalue weighted by atomic mass is 32.2. The van der Waals surface area contributed by atoms with E-state index in [1.54, 1.807) is 16.4 Å². The number of carbonyl (C=O) groups is 1. The zero-order valence-electron chi connectivity index (χ0n) is 19.8. The molecule has 5 rings (SSSR count). The molecule has 3 aromatic carbocycles. The number of rotatable bonds is 6. The number of amides is 1. The van der Waals surface area contributed by atoms with Crippen LogP contribution in [0.4, 0.5) is 0 Å². The predicted octanol–water partition coefficient (Wildman–Crippen LogP) is 4.98. The third-order valence-corrected chi connectivity index (χ3v) is 8.89. The number of sulfonamides is 1. The van der Waals surface area contributed by atoms with Gasteiger partial charge in [-0.05, 0) is 50.5 Å². The summed E-state index contributed by atoms with van der Waals surface area (Å²) < 4.78 is 34.3. The van der Waals surface area contributed by atoms with Gasteiger partial charge in [0.25, 0.3) is 0 Å². The molecule has 35 heavy (non-hydrogen) atoms. The van der Waals surface area contributed by atoms with Crippen molar-refractivity contribution in [2.75, 3.05) is 13.1 Å². The summed E-state index contributed by atoms with van der Waals surface area (Å²) in [6, 6.07) is 22.1. The molecule has 2 aliphatic rings. The maximum Gasteiger partial charge on any atom is 0.243 e. The summed E-state index contributed by atoms with van der Waals surface area (Å²) in [4.78, 5) is 13.7. The summed E-state index contributed by atoms with van der Waals surface area (Å²) in [5.74, 6) is 0.815. The Hall–Kier alpha value is -3.16. The molecule has 2 heterocycles. The van der Waals surface area contributed by atoms with Crippen molar-refractivity contribution in [3.05, 3.63) is 89.5 Å². The Morgan fingerprint density at radius 1 is 0.943 bits per heavy atom. The van der Waals surface area contributed by atoms with Crippen LogP contribution in [0.5, 0.6) is 11.5 Å². The van der Waals surface area contributed by atoms with Crippen molar-refractivity contribution in [3.8, 4) is 11.5 Å². The van der Waals surface area contributed by atoms with E-state index in [1.807, 2.05) is 67.6 Å². The summed E-state index contributed by atoms with van der Waals surface area (Å²) in [5, 5.41) is 3.08. The zero-order valence-corrected chi connectivity index (χ0v) is 20.6. The predicted molar refractivity (Wildman–Crippen MR) is 135 cm³/mol. The molecule has 0 saturated carbocycles. The SMILES string of the molecule is Cc1ccc(S(=O)(=O)N2CCCCC2CCNC(=O)C2c3ccccc3Oc3ccccc32)cc1. The molecule has 0 spiro atoms. The minimum atomic E-state index is -3.57. The largest absolute Gasteiger partial charge is 0.457 e. The Morgan fingerprint density at radius 2 is 1.57 bits per heavy atom. The van der Waals surface area contributed by atoms with Gasteiger partial charge in [0.15, 0.2) is 0 Å². The molecule has 0 radical (unpaired) electrons. The van der Waals surface area contributed by atoms with Crippen LogP contribution in [0.25, 0.3) is 0 Å². The number of para-hydroxylation sites is 2. The Bertz CT molecular complexity index is 1280. The van der Waals surface area contributed by atoms with Crippen molar-refractivity contribution in [2.24, 2.45) is 0 Å². The van der Waals surface area contributed by atoms with Crippen LogP contribution < -0.4 is 10.1 Å². The van der Waals surface area contributed by atoms with Gasteiger partial charge in [0.2, 0.25) is 15.9 Å². The fraction of sp³-hybridized carbons (Fsp3) is 0.321. The fourth-order valence-electron chi connectivity index (χ4n) is 5.08. The number of carbonyl (C=O) groups excluding carboxylic acids is 1. The van der Waals surface area contributed by atoms with Crippen LogP contribution in [0.15, 0.2) is 77.7 Å². The normalized spacial score (nSPS) is 18.3. The molecular weight excluding hydrogens is 460 g/mol. The van der Waals surface area contributed by atoms with E-state index >= 15 is 0 Å². The first-order valence-electron chi connectivity index (χ1n) is 12.2. The van der Waals surface area contributed by atoms with Crippen molar-refractivity contribution in [2.45, 2.75) is 49.5 Å². The average molecular weight is 491 g/mol. The van der Waals surface area contributed by atoms with E-state index in [0.29, 0.717) is 35.9 Å². The van der Waals surface area contributed by atoms with Gasteiger partial charge in [-0.15, -0.1) is 0 Å². The van der Waals surface area contributed by atoms with Crippen molar-refractivity contribution in [3.63, 3.8) is 0 Å². The number of hydrogen-bond acceptors (Lipinski definition) is 4. The number of ether oxygens (including phenoxy) is 1. The second-order valence-corrected chi connectivity index (χ2v) is 11.2. The van der Waals surface area contributed by atoms with E-state index in [0.717, 1.165) is 36.0 Å². The molecule has 6 nitrogen and oxygen atoms in total. The Balaban J connectivity index is 1.30. The average Bonchev–Trinajstić information content (AvgIpc) is 2.87. The summed E-state index contributed by atoms with van der Waals surface area (Å²) in [7, 11) is -3.57. The molecule has 1 fully saturated rings. The van der Waals surface area contributed by atoms with Gasteiger partial charge < -0.3 is 10.1 Å². The minimum Gasteiger partial charge on any atom is -0.457 e. The molecule has 1 saturated heterocycles. The quantitative estimate of drug-likeness (QED) is 0.529. The van der Waals surface area contributed by atoms with Gasteiger partial charge in [0.1, 0.15) is 11.5 Å². The zero-order chi connectivity index (χ0) is 24.4. The van der Waals surface area contributed by atoms with Crippen molar-refractivity contribution in [1.29, 1.82) is 0 Å². The van der Waals surface area contributed by atoms with E-state index in [-0.39, 0.29) is 11.9 Å². The third-order valence-electron chi connectivity index (χ3n) is 6.92. The maximum absolute atomic E-state index is 13.4. The molecule has 2 aliphatic heterocycles. The number of aryl methyl sites for hydroxylation is 1. The Kier molecular flexibility index (Phi) is 6.62. The molecule has 3 aromatic rings. The van der Waals surface area contributed by atoms with Crippen LogP contribution in [0.1, 0.15) is 48.3 Å². The van der Waals surface area contributed by atoms with Crippen molar-refractivity contribution in [1.82, 2.24) is 9.62 Å². The van der Waals surface area contributed by atoms with Gasteiger partial charge >= 0.3 is 0 Å². The molecular formula is C28H30N2O4S. The lowest BCUT2D eigenvalue weighted by Gasteiger charge is -2.35. The highest BCUT2D eigenvalue weighted by Gasteiger charge is 2.35. The van der Waals surface area contributed by atoms with Crippen LogP contribution in [-0.4, -0.2) is 37.8 Å². The summed E-state index contributed by atoms with van der Waals surface area (Å²) >= 11 is 0. The number of fused-ring (bicyclic) bond motifs is 2. The highest BCUT2D eigenvalue weighted by Crippen LogP contribution is 2.43. The van der Waals surface area contributed by atoms with Gasteiger partial charge in [-0.3, -0.25) is 4.79 Å². The molecule has 1 N–H and O–H groups in total. The minimum absolute atomic E-state index is 0.100. The van der Waals surface area contributed by atoms with Crippen LogP contribution in [-0.2, 0) is 14.8 Å². The van der Waals surface area contributed by atoms with Crippen molar-refractivity contribution < 1.29 is 17.9 Å². The lowest BCUT2D eigenvalue weighted by atomic mass is 9.87. The third kappa shape index (κ3) is 4.70. The van der Waals surface area contributed by atoms with Gasteiger partial charge in [-0.1, -0.05) is 60.5 Å². The van der Waals surface area contributed by atoms with E-state index < -0.39 is 15.9 Å². The van der Waals surface area contributed by atoms with Crippen LogP contribution in [0.2, 0.25) is 0 Å². The van der Waals surface area contributed by atoms with E-state index in [2.05, 4.69) is 5.32 Å². The second kappa shape index (κ2) is 9.84. The van der Waals surface area contributed by atoms with E-state index in [4.69, 9.17) is 4.74 Å². The molecule has 1 amide bonds. The number of nitrogens with one attached hydrogen (secondary N) is 1. The van der Waals surface area contributed by atoms with Gasteiger partial charge in [-0.2, -0.15) is 4.31 Å². The number of piperidine rings is 1. The van der Waals surface area contributed by atoms with Gasteiger partial charge in [-0.25, -0.2) is 8.42 Å². The van der Waals surface area contributed by atoms with Gasteiger partial charge in [0, 0.05) is 30.3 Å². The molecule has 0 aliphatic carbocycles. The lowest BCUT2D eigenvalue weighted by Crippen LogP contribution is -2.45. The standard InChI is InChI=1S/C28H30N2O4S/c1-20-13-15-22(16-14-20)35(32,33)30-19-7-6-8-21(30)17-18-29-28(31)27-23-9-2-4-11-25(23)34-26-12-5-3-10-24(26)27/h2-5,9-16,21,27H,6-8,17-19H2,1H3,(H,29,31). The van der Waals surface area contributed by atoms with Crippen LogP contribution in [0, 0.1) is 6.92 Å². The summed E-state index contributed by atoms with van der Waals surface area (Å²) in [6.45, 7) is 2.86. The molecule has 182 valence electrons. The van der Waals surface area contributed by atoms with E-state index in [9.17, 15) is 13.2 Å². The summed E-state index contributed by atoms with van der Waals surface area (Å²) in [6.07, 6.45) is 3.20. The molecule has 0 aromatic heterocycles. The first-order chi connectivity index (χ1) is 16.9. The maximum atomic E-state index is 13.4. The Labute approximate surface area is 207 Å². The number of hydrogen-bond donors (Lipinski definition) is 1. The molecule has 7 heteroatoms. The molecule has 1 atom stereocenters. The smallest absolute Gasteiger partial charge is 0.243 e. The molecule has 1 unspecified atom stereocenters. The topological polar surface area (TPSA) is 75.7 Å². The van der Waals surface area contributed by atoms with Crippen molar-refractivity contribution >= 4 is 15.9 Å².